The zero-order chi connectivity index (χ0) is 15.3. The van der Waals surface area contributed by atoms with E-state index in [1.165, 1.54) is 25.7 Å². The summed E-state index contributed by atoms with van der Waals surface area (Å²) in [5.74, 6) is 6.70. The van der Waals surface area contributed by atoms with E-state index in [1.54, 1.807) is 24.3 Å². The maximum Gasteiger partial charge on any atom is 0.240 e. The maximum absolute atomic E-state index is 12.2. The van der Waals surface area contributed by atoms with Crippen molar-refractivity contribution in [2.24, 2.45) is 17.7 Å². The summed E-state index contributed by atoms with van der Waals surface area (Å²) in [5.41, 5.74) is 3.17. The molecule has 4 N–H and O–H groups in total. The minimum atomic E-state index is -3.42. The summed E-state index contributed by atoms with van der Waals surface area (Å²) in [4.78, 5) is 0.276. The number of hydrazine groups is 1. The molecule has 5 nitrogen and oxygen atoms in total. The van der Waals surface area contributed by atoms with Crippen molar-refractivity contribution in [1.29, 1.82) is 0 Å². The van der Waals surface area contributed by atoms with E-state index in [-0.39, 0.29) is 4.90 Å². The third kappa shape index (κ3) is 4.69. The van der Waals surface area contributed by atoms with Crippen LogP contribution < -0.4 is 16.0 Å². The molecule has 21 heavy (non-hydrogen) atoms. The Hall–Kier alpha value is -1.11. The Labute approximate surface area is 127 Å². The molecule has 2 atom stereocenters. The Balaban J connectivity index is 1.85. The molecule has 6 heteroatoms. The molecule has 0 spiro atoms. The summed E-state index contributed by atoms with van der Waals surface area (Å²) < 4.78 is 27.0. The summed E-state index contributed by atoms with van der Waals surface area (Å²) in [5, 5.41) is 0. The molecule has 118 valence electrons. The Bertz CT molecular complexity index is 543. The molecule has 0 aromatic heterocycles. The van der Waals surface area contributed by atoms with Crippen LogP contribution in [0, 0.1) is 11.8 Å². The lowest BCUT2D eigenvalue weighted by atomic mass is 9.81. The summed E-state index contributed by atoms with van der Waals surface area (Å²) in [6, 6.07) is 6.41. The van der Waals surface area contributed by atoms with Gasteiger partial charge in [0, 0.05) is 12.2 Å². The van der Waals surface area contributed by atoms with Gasteiger partial charge in [0.1, 0.15) is 0 Å². The van der Waals surface area contributed by atoms with Gasteiger partial charge in [0.05, 0.1) is 4.90 Å². The molecule has 0 heterocycles. The highest BCUT2D eigenvalue weighted by molar-refractivity contribution is 7.89. The molecule has 0 aliphatic heterocycles. The van der Waals surface area contributed by atoms with Crippen molar-refractivity contribution in [3.8, 4) is 0 Å². The lowest BCUT2D eigenvalue weighted by Crippen LogP contribution is -2.27. The number of sulfonamides is 1. The van der Waals surface area contributed by atoms with E-state index in [1.807, 2.05) is 0 Å². The predicted molar refractivity (Wildman–Crippen MR) is 85.2 cm³/mol. The number of nitrogens with two attached hydrogens (primary N) is 1. The molecule has 1 saturated carbocycles. The van der Waals surface area contributed by atoms with Gasteiger partial charge < -0.3 is 5.43 Å². The highest BCUT2D eigenvalue weighted by Crippen LogP contribution is 2.30. The van der Waals surface area contributed by atoms with Crippen molar-refractivity contribution >= 4 is 15.7 Å². The molecule has 2 unspecified atom stereocenters. The first-order chi connectivity index (χ1) is 10.0. The first-order valence-electron chi connectivity index (χ1n) is 7.57. The van der Waals surface area contributed by atoms with Crippen LogP contribution >= 0.6 is 0 Å². The molecule has 0 bridgehead atoms. The van der Waals surface area contributed by atoms with Crippen LogP contribution in [0.4, 0.5) is 5.69 Å². The second-order valence-electron chi connectivity index (χ2n) is 5.99. The molecular weight excluding hydrogens is 286 g/mol. The Morgan fingerprint density at radius 1 is 1.24 bits per heavy atom. The van der Waals surface area contributed by atoms with E-state index < -0.39 is 10.0 Å². The van der Waals surface area contributed by atoms with E-state index in [0.29, 0.717) is 18.2 Å². The van der Waals surface area contributed by atoms with Crippen molar-refractivity contribution in [2.45, 2.75) is 43.9 Å². The number of hydrogen-bond acceptors (Lipinski definition) is 4. The van der Waals surface area contributed by atoms with Gasteiger partial charge in [-0.05, 0) is 48.9 Å². The molecule has 0 saturated heterocycles. The van der Waals surface area contributed by atoms with Crippen LogP contribution in [0.1, 0.15) is 39.0 Å². The molecule has 0 radical (unpaired) electrons. The van der Waals surface area contributed by atoms with Gasteiger partial charge in [0.25, 0.3) is 0 Å². The second-order valence-corrected chi connectivity index (χ2v) is 7.76. The number of benzene rings is 1. The maximum atomic E-state index is 12.2. The van der Waals surface area contributed by atoms with E-state index in [4.69, 9.17) is 5.84 Å². The summed E-state index contributed by atoms with van der Waals surface area (Å²) in [6.07, 6.45) is 5.95. The van der Waals surface area contributed by atoms with Crippen LogP contribution in [-0.2, 0) is 10.0 Å². The third-order valence-electron chi connectivity index (χ3n) is 4.22. The van der Waals surface area contributed by atoms with Gasteiger partial charge in [0.15, 0.2) is 0 Å². The number of nitrogens with one attached hydrogen (secondary N) is 2. The van der Waals surface area contributed by atoms with Gasteiger partial charge in [-0.15, -0.1) is 0 Å². The highest BCUT2D eigenvalue weighted by atomic mass is 32.2. The van der Waals surface area contributed by atoms with E-state index in [2.05, 4.69) is 17.1 Å². The van der Waals surface area contributed by atoms with E-state index in [9.17, 15) is 8.42 Å². The van der Waals surface area contributed by atoms with Crippen molar-refractivity contribution in [1.82, 2.24) is 4.72 Å². The minimum absolute atomic E-state index is 0.276. The fourth-order valence-corrected chi connectivity index (χ4v) is 4.08. The summed E-state index contributed by atoms with van der Waals surface area (Å²) in [6.45, 7) is 2.79. The molecule has 1 aromatic carbocycles. The lowest BCUT2D eigenvalue weighted by Gasteiger charge is -2.26. The topological polar surface area (TPSA) is 84.2 Å². The Morgan fingerprint density at radius 3 is 2.57 bits per heavy atom. The Kier molecular flexibility index (Phi) is 5.61. The number of nitrogen functional groups attached to an aromatic ring is 1. The van der Waals surface area contributed by atoms with E-state index >= 15 is 0 Å². The number of hydrogen-bond donors (Lipinski definition) is 3. The summed E-state index contributed by atoms with van der Waals surface area (Å²) in [7, 11) is -3.42. The van der Waals surface area contributed by atoms with E-state index in [0.717, 1.165) is 12.3 Å². The highest BCUT2D eigenvalue weighted by Gasteiger charge is 2.20. The van der Waals surface area contributed by atoms with Crippen molar-refractivity contribution in [3.05, 3.63) is 24.3 Å². The van der Waals surface area contributed by atoms with Crippen LogP contribution in [-0.4, -0.2) is 15.0 Å². The predicted octanol–water partition coefficient (Wildman–Crippen LogP) is 2.47. The quantitative estimate of drug-likeness (QED) is 0.556. The number of rotatable bonds is 6. The van der Waals surface area contributed by atoms with Gasteiger partial charge in [-0.25, -0.2) is 13.1 Å². The first kappa shape index (κ1) is 16.3. The smallest absolute Gasteiger partial charge is 0.240 e. The second kappa shape index (κ2) is 7.24. The molecular formula is C15H25N3O2S. The van der Waals surface area contributed by atoms with Crippen LogP contribution in [0.3, 0.4) is 0 Å². The van der Waals surface area contributed by atoms with Crippen molar-refractivity contribution in [2.75, 3.05) is 12.0 Å². The zero-order valence-corrected chi connectivity index (χ0v) is 13.3. The molecule has 1 aromatic rings. The van der Waals surface area contributed by atoms with Gasteiger partial charge in [-0.3, -0.25) is 5.84 Å². The van der Waals surface area contributed by atoms with Crippen molar-refractivity contribution < 1.29 is 8.42 Å². The fraction of sp³-hybridized carbons (Fsp3) is 0.600. The van der Waals surface area contributed by atoms with Crippen LogP contribution in [0.2, 0.25) is 0 Å². The fourth-order valence-electron chi connectivity index (χ4n) is 3.03. The summed E-state index contributed by atoms with van der Waals surface area (Å²) >= 11 is 0. The molecule has 1 fully saturated rings. The average Bonchev–Trinajstić information content (AvgIpc) is 2.47. The molecule has 1 aliphatic carbocycles. The van der Waals surface area contributed by atoms with Crippen molar-refractivity contribution in [3.63, 3.8) is 0 Å². The molecule has 2 rings (SSSR count). The van der Waals surface area contributed by atoms with Crippen LogP contribution in [0.15, 0.2) is 29.2 Å². The average molecular weight is 311 g/mol. The van der Waals surface area contributed by atoms with Gasteiger partial charge in [-0.1, -0.05) is 26.2 Å². The minimum Gasteiger partial charge on any atom is -0.324 e. The first-order valence-corrected chi connectivity index (χ1v) is 9.06. The van der Waals surface area contributed by atoms with Crippen LogP contribution in [0.5, 0.6) is 0 Å². The van der Waals surface area contributed by atoms with Gasteiger partial charge >= 0.3 is 0 Å². The van der Waals surface area contributed by atoms with Gasteiger partial charge in [0.2, 0.25) is 10.0 Å². The Morgan fingerprint density at radius 2 is 1.95 bits per heavy atom. The lowest BCUT2D eigenvalue weighted by molar-refractivity contribution is 0.271. The largest absolute Gasteiger partial charge is 0.324 e. The molecule has 0 amide bonds. The number of anilines is 1. The van der Waals surface area contributed by atoms with Gasteiger partial charge in [-0.2, -0.15) is 0 Å². The normalized spacial score (nSPS) is 23.0. The standard InChI is InChI=1S/C15H25N3O2S/c1-12-3-2-4-13(11-12)9-10-17-21(19,20)15-7-5-14(18-16)6-8-15/h5-8,12-13,17-18H,2-4,9-11,16H2,1H3. The SMILES string of the molecule is CC1CCCC(CCNS(=O)(=O)c2ccc(NN)cc2)C1. The molecule has 1 aliphatic rings. The monoisotopic (exact) mass is 311 g/mol. The third-order valence-corrected chi connectivity index (χ3v) is 5.70. The van der Waals surface area contributed by atoms with Crippen LogP contribution in [0.25, 0.3) is 0 Å². The zero-order valence-electron chi connectivity index (χ0n) is 12.5.